The predicted octanol–water partition coefficient (Wildman–Crippen LogP) is -1.55. The van der Waals surface area contributed by atoms with E-state index in [1.165, 1.54) is 10.9 Å². The smallest absolute Gasteiger partial charge is 0.336 e. The summed E-state index contributed by atoms with van der Waals surface area (Å²) in [6, 6.07) is 0. The average Bonchev–Trinajstić information content (AvgIpc) is 3.72. The first-order valence-corrected chi connectivity index (χ1v) is 16.9. The largest absolute Gasteiger partial charge is 0.382 e. The Labute approximate surface area is 254 Å². The van der Waals surface area contributed by atoms with Crippen LogP contribution >= 0.6 is 6.72 Å². The van der Waals surface area contributed by atoms with E-state index < -0.39 is 84.9 Å². The third-order valence-corrected chi connectivity index (χ3v) is 9.83. The van der Waals surface area contributed by atoms with Gasteiger partial charge in [0.2, 0.25) is 5.95 Å². The third kappa shape index (κ3) is 5.35. The van der Waals surface area contributed by atoms with Crippen molar-refractivity contribution in [2.24, 2.45) is 0 Å². The van der Waals surface area contributed by atoms with Gasteiger partial charge in [-0.05, 0) is 11.8 Å². The number of nitrogens with zero attached hydrogens (tertiary/aromatic N) is 7. The second kappa shape index (κ2) is 10.9. The Kier molecular flexibility index (Phi) is 7.34. The first-order valence-electron chi connectivity index (χ1n) is 12.9. The number of alkyl halides is 2. The molecule has 4 aromatic heterocycles. The van der Waals surface area contributed by atoms with Crippen LogP contribution in [0.15, 0.2) is 23.8 Å². The summed E-state index contributed by atoms with van der Waals surface area (Å²) < 4.78 is 89.7. The van der Waals surface area contributed by atoms with Crippen molar-refractivity contribution in [3.05, 3.63) is 29.3 Å². The van der Waals surface area contributed by atoms with E-state index in [1.54, 1.807) is 0 Å². The molecule has 0 spiro atoms. The van der Waals surface area contributed by atoms with Gasteiger partial charge in [0.1, 0.15) is 36.3 Å². The molecule has 3 fully saturated rings. The number of nitrogen functional groups attached to an aromatic ring is 2. The van der Waals surface area contributed by atoms with Crippen LogP contribution in [0.5, 0.6) is 0 Å². The number of nitrogens with two attached hydrogens (primary N) is 2. The summed E-state index contributed by atoms with van der Waals surface area (Å²) in [4.78, 5) is 45.1. The van der Waals surface area contributed by atoms with Crippen molar-refractivity contribution in [2.45, 2.75) is 49.2 Å². The molecule has 0 saturated carbocycles. The van der Waals surface area contributed by atoms with Crippen LogP contribution in [-0.4, -0.2) is 102 Å². The Bertz CT molecular complexity index is 2010. The molecule has 3 saturated heterocycles. The van der Waals surface area contributed by atoms with Gasteiger partial charge in [0.25, 0.3) is 5.56 Å². The summed E-state index contributed by atoms with van der Waals surface area (Å²) in [5.74, 6) is -0.269. The monoisotopic (exact) mass is 693 g/mol. The molecule has 242 valence electrons. The van der Waals surface area contributed by atoms with Crippen molar-refractivity contribution < 1.29 is 44.8 Å². The number of ether oxygens (including phenoxy) is 2. The van der Waals surface area contributed by atoms with Gasteiger partial charge in [0, 0.05) is 6.54 Å². The van der Waals surface area contributed by atoms with Crippen LogP contribution in [0.25, 0.3) is 22.3 Å². The zero-order valence-electron chi connectivity index (χ0n) is 22.3. The van der Waals surface area contributed by atoms with Gasteiger partial charge in [0.05, 0.1) is 19.3 Å². The van der Waals surface area contributed by atoms with Crippen molar-refractivity contribution in [3.63, 3.8) is 0 Å². The maximum absolute atomic E-state index is 15.9. The summed E-state index contributed by atoms with van der Waals surface area (Å²) in [6.45, 7) is -5.75. The number of fused-ring (bicyclic) bond motifs is 4. The lowest BCUT2D eigenvalue weighted by molar-refractivity contribution is -0.0454. The number of H-pyrrole nitrogens is 1. The number of imidazole rings is 2. The molecule has 3 aliphatic heterocycles. The zero-order valence-corrected chi connectivity index (χ0v) is 24.8. The van der Waals surface area contributed by atoms with E-state index in [0.29, 0.717) is 0 Å². The molecule has 7 N–H and O–H groups in total. The molecule has 0 amide bonds. The van der Waals surface area contributed by atoms with Crippen LogP contribution in [-0.2, 0) is 44.8 Å². The quantitative estimate of drug-likeness (QED) is 0.149. The lowest BCUT2D eigenvalue weighted by atomic mass is 10.1. The Morgan fingerprint density at radius 3 is 2.42 bits per heavy atom. The van der Waals surface area contributed by atoms with E-state index in [2.05, 4.69) is 34.6 Å². The fourth-order valence-electron chi connectivity index (χ4n) is 5.28. The Morgan fingerprint density at radius 2 is 1.67 bits per heavy atom. The molecule has 0 bridgehead atoms. The Hall–Kier alpha value is -3.32. The highest BCUT2D eigenvalue weighted by molar-refractivity contribution is 8.07. The van der Waals surface area contributed by atoms with E-state index in [4.69, 9.17) is 46.0 Å². The van der Waals surface area contributed by atoms with Gasteiger partial charge in [-0.3, -0.25) is 23.4 Å². The van der Waals surface area contributed by atoms with Crippen molar-refractivity contribution in [2.75, 3.05) is 24.6 Å². The number of anilines is 2. The zero-order chi connectivity index (χ0) is 31.8. The molecule has 7 heterocycles. The SMILES string of the molecule is Nc1nc2c(ncn2[C@@H]2O[C@@H]3COP(O)(=S)O[C@H]4[C@@H](F)[C@H](n5cnc6c(N)ncnc65)O[C@@H]4CNS(=O)(=O)O[C@H]3[C@H]2F)c(=O)[nH]1. The van der Waals surface area contributed by atoms with Crippen molar-refractivity contribution in [3.8, 4) is 0 Å². The second-order valence-electron chi connectivity index (χ2n) is 10.1. The molecule has 7 rings (SSSR count). The summed E-state index contributed by atoms with van der Waals surface area (Å²) in [6.07, 6.45) is -10.5. The number of hydrogen-bond donors (Lipinski definition) is 5. The highest BCUT2D eigenvalue weighted by atomic mass is 32.5. The number of hydrogen-bond acceptors (Lipinski definition) is 16. The first kappa shape index (κ1) is 30.3. The van der Waals surface area contributed by atoms with Crippen LogP contribution in [0.4, 0.5) is 20.5 Å². The summed E-state index contributed by atoms with van der Waals surface area (Å²) in [5.41, 5.74) is 10.6. The normalized spacial score (nSPS) is 35.5. The highest BCUT2D eigenvalue weighted by Gasteiger charge is 2.53. The number of rotatable bonds is 2. The maximum Gasteiger partial charge on any atom is 0.336 e. The Morgan fingerprint density at radius 1 is 1.00 bits per heavy atom. The maximum atomic E-state index is 15.9. The number of aromatic amines is 1. The van der Waals surface area contributed by atoms with E-state index in [-0.39, 0.29) is 34.1 Å². The van der Waals surface area contributed by atoms with E-state index in [9.17, 15) is 18.1 Å². The molecule has 45 heavy (non-hydrogen) atoms. The van der Waals surface area contributed by atoms with Gasteiger partial charge in [0.15, 0.2) is 47.4 Å². The van der Waals surface area contributed by atoms with Crippen LogP contribution in [0.1, 0.15) is 12.5 Å². The summed E-state index contributed by atoms with van der Waals surface area (Å²) >= 11 is 5.11. The topological polar surface area (TPSA) is 272 Å². The predicted molar refractivity (Wildman–Crippen MR) is 149 cm³/mol. The minimum absolute atomic E-state index is 0.0236. The fourth-order valence-corrected chi connectivity index (χ4v) is 7.67. The van der Waals surface area contributed by atoms with Gasteiger partial charge in [-0.15, -0.1) is 0 Å². The lowest BCUT2D eigenvalue weighted by Gasteiger charge is -2.27. The van der Waals surface area contributed by atoms with Gasteiger partial charge in [-0.2, -0.15) is 18.1 Å². The van der Waals surface area contributed by atoms with Crippen molar-refractivity contribution >= 4 is 62.9 Å². The van der Waals surface area contributed by atoms with E-state index in [1.807, 2.05) is 0 Å². The van der Waals surface area contributed by atoms with Crippen LogP contribution in [0.3, 0.4) is 0 Å². The molecule has 0 radical (unpaired) electrons. The minimum Gasteiger partial charge on any atom is -0.382 e. The number of halogens is 2. The van der Waals surface area contributed by atoms with Gasteiger partial charge < -0.3 is 30.4 Å². The molecule has 9 atom stereocenters. The second-order valence-corrected chi connectivity index (χ2v) is 14.3. The summed E-state index contributed by atoms with van der Waals surface area (Å²) in [5, 5.41) is 0. The minimum atomic E-state index is -4.78. The third-order valence-electron chi connectivity index (χ3n) is 7.28. The van der Waals surface area contributed by atoms with Crippen LogP contribution < -0.4 is 21.7 Å². The molecule has 1 unspecified atom stereocenters. The van der Waals surface area contributed by atoms with Crippen molar-refractivity contribution in [1.29, 1.82) is 0 Å². The Balaban J connectivity index is 1.17. The molecule has 0 aromatic carbocycles. The molecule has 25 heteroatoms. The van der Waals surface area contributed by atoms with Gasteiger partial charge >= 0.3 is 17.0 Å². The molecule has 20 nitrogen and oxygen atoms in total. The molecule has 4 aromatic rings. The van der Waals surface area contributed by atoms with Gasteiger partial charge in [-0.25, -0.2) is 32.9 Å². The molecule has 3 aliphatic rings. The van der Waals surface area contributed by atoms with Crippen LogP contribution in [0, 0.1) is 0 Å². The number of nitrogens with one attached hydrogen (secondary N) is 2. The standard InChI is InChI=1S/C20H22F2N11O9PS2/c21-8-12-6(39-18(8)32-4-27-10-14(23)25-3-26-15(10)32)1-29-45(36,37)42-13-7(2-38-43(35,44)41-12)40-19(9(13)22)33-5-28-11-16(33)30-20(24)31-17(11)34/h3-9,12-13,18-19,29H,1-2H2,(H,35,44)(H2,23,25,26)(H3,24,30,31,34)/t6-,7-,8-,9-,12-,13-,18-,19-,43?/m1/s1. The molecular weight excluding hydrogens is 671 g/mol. The lowest BCUT2D eigenvalue weighted by Crippen LogP contribution is -2.45. The van der Waals surface area contributed by atoms with Crippen LogP contribution in [0.2, 0.25) is 0 Å². The van der Waals surface area contributed by atoms with E-state index in [0.717, 1.165) is 17.2 Å². The number of aromatic nitrogens is 8. The highest BCUT2D eigenvalue weighted by Crippen LogP contribution is 2.51. The molecule has 0 aliphatic carbocycles. The van der Waals surface area contributed by atoms with Crippen molar-refractivity contribution in [1.82, 2.24) is 43.8 Å². The fraction of sp³-hybridized carbons (Fsp3) is 0.500. The first-order chi connectivity index (χ1) is 21.3. The summed E-state index contributed by atoms with van der Waals surface area (Å²) in [7, 11) is -4.78. The van der Waals surface area contributed by atoms with Gasteiger partial charge in [-0.1, -0.05) is 0 Å². The average molecular weight is 694 g/mol. The van der Waals surface area contributed by atoms with E-state index >= 15 is 8.78 Å². The molecular formula is C20H22F2N11O9PS2.